The molecule has 8 heteroatoms. The number of hydrogen-bond donors (Lipinski definition) is 1. The highest BCUT2D eigenvalue weighted by atomic mass is 79.9. The molecule has 1 N–H and O–H groups in total. The van der Waals surface area contributed by atoms with Crippen molar-refractivity contribution < 1.29 is 9.84 Å². The first kappa shape index (κ1) is 23.4. The molecule has 1 fully saturated rings. The lowest BCUT2D eigenvalue weighted by Gasteiger charge is -2.34. The van der Waals surface area contributed by atoms with Gasteiger partial charge in [0.25, 0.3) is 0 Å². The van der Waals surface area contributed by atoms with Crippen LogP contribution in [0.3, 0.4) is 0 Å². The molecule has 1 heterocycles. The summed E-state index contributed by atoms with van der Waals surface area (Å²) in [5.74, 6) is 0.757. The Morgan fingerprint density at radius 3 is 2.30 bits per heavy atom. The van der Waals surface area contributed by atoms with Crippen molar-refractivity contribution in [2.24, 2.45) is 0 Å². The Hall–Kier alpha value is 0.440. The van der Waals surface area contributed by atoms with Gasteiger partial charge in [-0.05, 0) is 40.7 Å². The first-order chi connectivity index (χ1) is 10.1. The third kappa shape index (κ3) is 7.90. The van der Waals surface area contributed by atoms with Gasteiger partial charge < -0.3 is 14.7 Å². The van der Waals surface area contributed by atoms with Crippen LogP contribution in [0.25, 0.3) is 0 Å². The van der Waals surface area contributed by atoms with Gasteiger partial charge in [-0.2, -0.15) is 0 Å². The van der Waals surface area contributed by atoms with Crippen LogP contribution in [-0.4, -0.2) is 66.9 Å². The number of aliphatic hydroxyl groups excluding tert-OH is 1. The SMILES string of the molecule is CCN1CCN(CC(O)COc2ccc(Br)cc2Br)CC1.Cl.Cl. The van der Waals surface area contributed by atoms with Gasteiger partial charge in [-0.15, -0.1) is 24.8 Å². The molecule has 0 saturated carbocycles. The molecule has 23 heavy (non-hydrogen) atoms. The van der Waals surface area contributed by atoms with Crippen LogP contribution in [-0.2, 0) is 0 Å². The fraction of sp³-hybridized carbons (Fsp3) is 0.600. The van der Waals surface area contributed by atoms with E-state index in [1.807, 2.05) is 18.2 Å². The van der Waals surface area contributed by atoms with Crippen molar-refractivity contribution in [2.45, 2.75) is 13.0 Å². The van der Waals surface area contributed by atoms with Gasteiger partial charge in [0.15, 0.2) is 0 Å². The minimum Gasteiger partial charge on any atom is -0.490 e. The quantitative estimate of drug-likeness (QED) is 0.657. The maximum atomic E-state index is 10.1. The summed E-state index contributed by atoms with van der Waals surface area (Å²) >= 11 is 6.86. The Bertz CT molecular complexity index is 461. The molecule has 0 aromatic heterocycles. The van der Waals surface area contributed by atoms with Crippen LogP contribution in [0.15, 0.2) is 27.1 Å². The van der Waals surface area contributed by atoms with Crippen LogP contribution in [0, 0.1) is 0 Å². The number of likely N-dealkylation sites (N-methyl/N-ethyl adjacent to an activating group) is 1. The van der Waals surface area contributed by atoms with Crippen molar-refractivity contribution >= 4 is 56.7 Å². The van der Waals surface area contributed by atoms with Gasteiger partial charge in [0.1, 0.15) is 18.5 Å². The number of aliphatic hydroxyl groups is 1. The van der Waals surface area contributed by atoms with Gasteiger partial charge in [0.05, 0.1) is 4.47 Å². The molecule has 1 aliphatic heterocycles. The number of rotatable bonds is 6. The number of ether oxygens (including phenoxy) is 1. The van der Waals surface area contributed by atoms with E-state index in [-0.39, 0.29) is 24.8 Å². The normalized spacial score (nSPS) is 17.0. The molecule has 4 nitrogen and oxygen atoms in total. The molecule has 1 unspecified atom stereocenters. The summed E-state index contributed by atoms with van der Waals surface area (Å²) in [6.07, 6.45) is -0.464. The Kier molecular flexibility index (Phi) is 12.1. The summed E-state index contributed by atoms with van der Waals surface area (Å²) in [6.45, 7) is 8.50. The van der Waals surface area contributed by atoms with Crippen LogP contribution >= 0.6 is 56.7 Å². The Morgan fingerprint density at radius 1 is 1.13 bits per heavy atom. The molecule has 1 aliphatic rings. The van der Waals surface area contributed by atoms with E-state index in [4.69, 9.17) is 4.74 Å². The molecule has 1 aromatic rings. The van der Waals surface area contributed by atoms with Gasteiger partial charge in [0.2, 0.25) is 0 Å². The molecule has 0 radical (unpaired) electrons. The molecule has 0 bridgehead atoms. The van der Waals surface area contributed by atoms with Gasteiger partial charge >= 0.3 is 0 Å². The zero-order valence-corrected chi connectivity index (χ0v) is 17.9. The van der Waals surface area contributed by atoms with E-state index in [0.717, 1.165) is 47.4 Å². The number of piperazine rings is 1. The minimum absolute atomic E-state index is 0. The zero-order chi connectivity index (χ0) is 15.2. The van der Waals surface area contributed by atoms with E-state index < -0.39 is 6.10 Å². The molecule has 1 atom stereocenters. The first-order valence-corrected chi connectivity index (χ1v) is 8.87. The van der Waals surface area contributed by atoms with Crippen LogP contribution in [0.1, 0.15) is 6.92 Å². The third-order valence-electron chi connectivity index (χ3n) is 3.71. The second kappa shape index (κ2) is 11.9. The summed E-state index contributed by atoms with van der Waals surface area (Å²) in [7, 11) is 0. The molecule has 2 rings (SSSR count). The van der Waals surface area contributed by atoms with E-state index in [1.165, 1.54) is 0 Å². The fourth-order valence-electron chi connectivity index (χ4n) is 2.42. The predicted molar refractivity (Wildman–Crippen MR) is 106 cm³/mol. The smallest absolute Gasteiger partial charge is 0.133 e. The Labute approximate surface area is 167 Å². The summed E-state index contributed by atoms with van der Waals surface area (Å²) in [5.41, 5.74) is 0. The molecule has 1 saturated heterocycles. The molecular formula is C15H24Br2Cl2N2O2. The summed E-state index contributed by atoms with van der Waals surface area (Å²) < 4.78 is 7.57. The monoisotopic (exact) mass is 492 g/mol. The Balaban J connectivity index is 0.00000242. The zero-order valence-electron chi connectivity index (χ0n) is 13.1. The van der Waals surface area contributed by atoms with Crippen LogP contribution < -0.4 is 4.74 Å². The lowest BCUT2D eigenvalue weighted by atomic mass is 10.2. The molecule has 1 aromatic carbocycles. The van der Waals surface area contributed by atoms with E-state index in [2.05, 4.69) is 48.6 Å². The lowest BCUT2D eigenvalue weighted by Crippen LogP contribution is -2.49. The van der Waals surface area contributed by atoms with Crippen LogP contribution in [0.4, 0.5) is 0 Å². The summed E-state index contributed by atoms with van der Waals surface area (Å²) in [6, 6.07) is 5.75. The highest BCUT2D eigenvalue weighted by Crippen LogP contribution is 2.28. The van der Waals surface area contributed by atoms with Crippen molar-refractivity contribution in [3.63, 3.8) is 0 Å². The van der Waals surface area contributed by atoms with Gasteiger partial charge in [0, 0.05) is 37.2 Å². The maximum Gasteiger partial charge on any atom is 0.133 e. The molecule has 0 spiro atoms. The van der Waals surface area contributed by atoms with Crippen LogP contribution in [0.2, 0.25) is 0 Å². The summed E-state index contributed by atoms with van der Waals surface area (Å²) in [5, 5.41) is 10.1. The van der Waals surface area contributed by atoms with E-state index >= 15 is 0 Å². The maximum absolute atomic E-state index is 10.1. The fourth-order valence-corrected chi connectivity index (χ4v) is 3.58. The summed E-state index contributed by atoms with van der Waals surface area (Å²) in [4.78, 5) is 4.73. The minimum atomic E-state index is -0.464. The van der Waals surface area contributed by atoms with Crippen molar-refractivity contribution in [1.82, 2.24) is 9.80 Å². The van der Waals surface area contributed by atoms with Crippen LogP contribution in [0.5, 0.6) is 5.75 Å². The molecule has 0 aliphatic carbocycles. The largest absolute Gasteiger partial charge is 0.490 e. The average Bonchev–Trinajstić information content (AvgIpc) is 2.47. The standard InChI is InChI=1S/C15H22Br2N2O2.2ClH/c1-2-18-5-7-19(8-6-18)10-13(20)11-21-15-4-3-12(16)9-14(15)17;;/h3-4,9,13,20H,2,5-8,10-11H2,1H3;2*1H. The average molecular weight is 495 g/mol. The van der Waals surface area contributed by atoms with Crippen molar-refractivity contribution in [3.8, 4) is 5.75 Å². The lowest BCUT2D eigenvalue weighted by molar-refractivity contribution is 0.0469. The number of nitrogens with zero attached hydrogens (tertiary/aromatic N) is 2. The third-order valence-corrected chi connectivity index (χ3v) is 4.82. The molecule has 0 amide bonds. The second-order valence-corrected chi connectivity index (χ2v) is 7.04. The second-order valence-electron chi connectivity index (χ2n) is 5.27. The molecule has 134 valence electrons. The first-order valence-electron chi connectivity index (χ1n) is 7.29. The number of β-amino-alcohol motifs (C(OH)–C–C–N with tert-alkyl or cyclic N) is 1. The predicted octanol–water partition coefficient (Wildman–Crippen LogP) is 3.43. The van der Waals surface area contributed by atoms with Gasteiger partial charge in [-0.1, -0.05) is 22.9 Å². The number of hydrogen-bond acceptors (Lipinski definition) is 4. The van der Waals surface area contributed by atoms with Gasteiger partial charge in [-0.3, -0.25) is 4.90 Å². The van der Waals surface area contributed by atoms with Gasteiger partial charge in [-0.25, -0.2) is 0 Å². The van der Waals surface area contributed by atoms with Crippen molar-refractivity contribution in [1.29, 1.82) is 0 Å². The van der Waals surface area contributed by atoms with E-state index in [1.54, 1.807) is 0 Å². The molecular weight excluding hydrogens is 471 g/mol. The highest BCUT2D eigenvalue weighted by Gasteiger charge is 2.18. The van der Waals surface area contributed by atoms with Crippen molar-refractivity contribution in [2.75, 3.05) is 45.9 Å². The Morgan fingerprint density at radius 2 is 1.74 bits per heavy atom. The highest BCUT2D eigenvalue weighted by molar-refractivity contribution is 9.11. The number of benzene rings is 1. The van der Waals surface area contributed by atoms with Crippen molar-refractivity contribution in [3.05, 3.63) is 27.1 Å². The topological polar surface area (TPSA) is 35.9 Å². The van der Waals surface area contributed by atoms with E-state index in [0.29, 0.717) is 13.2 Å². The van der Waals surface area contributed by atoms with E-state index in [9.17, 15) is 5.11 Å². The number of halogens is 4.